The normalized spacial score (nSPS) is 29.8. The van der Waals surface area contributed by atoms with E-state index >= 15 is 0 Å². The molecule has 1 heteroatoms. The van der Waals surface area contributed by atoms with E-state index in [4.69, 9.17) is 0 Å². The number of aryl methyl sites for hydroxylation is 2. The standard InChI is InChI=1S/C52H57B/c1-35-32-38(39(37-20-10-7-11-21-37)27-26-36-18-8-6-9-19-36)33-40-47-46-43(51(4)30-14-15-31-52(47,51)5)23-17-25-45(46)53(48(35)40)44-24-16-22-42-41(44)34-49(2)28-12-13-29-50(42,49)3/h6-11,16-25,32-33,39,47H,12-15,26-31,34H2,1-5H3. The van der Waals surface area contributed by atoms with Gasteiger partial charge in [-0.25, -0.2) is 0 Å². The van der Waals surface area contributed by atoms with Crippen molar-refractivity contribution in [1.82, 2.24) is 0 Å². The molecule has 0 N–H and O–H groups in total. The van der Waals surface area contributed by atoms with Gasteiger partial charge in [0.1, 0.15) is 0 Å². The van der Waals surface area contributed by atoms with Gasteiger partial charge in [0, 0.05) is 11.8 Å². The van der Waals surface area contributed by atoms with Crippen LogP contribution < -0.4 is 16.4 Å². The molecule has 4 aliphatic carbocycles. The van der Waals surface area contributed by atoms with Crippen LogP contribution in [0.15, 0.2) is 109 Å². The Morgan fingerprint density at radius 1 is 0.642 bits per heavy atom. The Morgan fingerprint density at radius 2 is 1.30 bits per heavy atom. The van der Waals surface area contributed by atoms with E-state index in [9.17, 15) is 0 Å². The summed E-state index contributed by atoms with van der Waals surface area (Å²) in [6.07, 6.45) is 14.1. The predicted octanol–water partition coefficient (Wildman–Crippen LogP) is 11.0. The summed E-state index contributed by atoms with van der Waals surface area (Å²) in [7, 11) is 0. The molecule has 0 radical (unpaired) electrons. The number of hydrogen-bond donors (Lipinski definition) is 0. The highest BCUT2D eigenvalue weighted by atomic mass is 14.6. The van der Waals surface area contributed by atoms with Crippen LogP contribution in [0.2, 0.25) is 0 Å². The van der Waals surface area contributed by atoms with Crippen molar-refractivity contribution in [1.29, 1.82) is 0 Å². The van der Waals surface area contributed by atoms with Crippen LogP contribution in [0.3, 0.4) is 0 Å². The molecule has 5 aromatic carbocycles. The quantitative estimate of drug-likeness (QED) is 0.155. The van der Waals surface area contributed by atoms with Crippen LogP contribution in [0.1, 0.15) is 147 Å². The molecule has 10 rings (SSSR count). The highest BCUT2D eigenvalue weighted by Crippen LogP contribution is 2.67. The smallest absolute Gasteiger partial charge is 0.0667 e. The zero-order valence-electron chi connectivity index (χ0n) is 32.9. The molecule has 6 unspecified atom stereocenters. The van der Waals surface area contributed by atoms with Gasteiger partial charge in [0.25, 0.3) is 0 Å². The molecule has 0 amide bonds. The van der Waals surface area contributed by atoms with Crippen molar-refractivity contribution in [3.63, 3.8) is 0 Å². The first kappa shape index (κ1) is 33.7. The first-order valence-electron chi connectivity index (χ1n) is 21.2. The van der Waals surface area contributed by atoms with Crippen LogP contribution in [0.5, 0.6) is 0 Å². The molecule has 53 heavy (non-hydrogen) atoms. The van der Waals surface area contributed by atoms with Gasteiger partial charge in [-0.05, 0) is 118 Å². The molecule has 6 atom stereocenters. The van der Waals surface area contributed by atoms with Crippen molar-refractivity contribution in [3.05, 3.63) is 159 Å². The summed E-state index contributed by atoms with van der Waals surface area (Å²) in [4.78, 5) is 0. The monoisotopic (exact) mass is 692 g/mol. The van der Waals surface area contributed by atoms with Crippen molar-refractivity contribution >= 4 is 23.1 Å². The van der Waals surface area contributed by atoms with E-state index < -0.39 is 0 Å². The van der Waals surface area contributed by atoms with Gasteiger partial charge in [-0.2, -0.15) is 0 Å². The fourth-order valence-electron chi connectivity index (χ4n) is 13.5. The Morgan fingerprint density at radius 3 is 2.08 bits per heavy atom. The molecule has 2 saturated carbocycles. The minimum atomic E-state index is 0.192. The van der Waals surface area contributed by atoms with Crippen LogP contribution in [0.4, 0.5) is 0 Å². The predicted molar refractivity (Wildman–Crippen MR) is 225 cm³/mol. The van der Waals surface area contributed by atoms with E-state index in [-0.39, 0.29) is 23.0 Å². The minimum Gasteiger partial charge on any atom is -0.0667 e. The third kappa shape index (κ3) is 4.68. The first-order chi connectivity index (χ1) is 25.7. The second-order valence-corrected chi connectivity index (χ2v) is 19.1. The average molecular weight is 693 g/mol. The molecule has 1 heterocycles. The van der Waals surface area contributed by atoms with Crippen LogP contribution in [-0.2, 0) is 23.7 Å². The Hall–Kier alpha value is -3.84. The Labute approximate surface area is 319 Å². The summed E-state index contributed by atoms with van der Waals surface area (Å²) < 4.78 is 0. The molecule has 2 fully saturated rings. The third-order valence-electron chi connectivity index (χ3n) is 16.7. The van der Waals surface area contributed by atoms with Gasteiger partial charge in [-0.3, -0.25) is 0 Å². The molecule has 268 valence electrons. The summed E-state index contributed by atoms with van der Waals surface area (Å²) in [6, 6.07) is 43.1. The van der Waals surface area contributed by atoms with Crippen molar-refractivity contribution in [2.45, 2.75) is 128 Å². The van der Waals surface area contributed by atoms with Gasteiger partial charge in [0.05, 0.1) is 0 Å². The zero-order valence-corrected chi connectivity index (χ0v) is 32.9. The van der Waals surface area contributed by atoms with Gasteiger partial charge in [-0.15, -0.1) is 0 Å². The maximum absolute atomic E-state index is 2.76. The lowest BCUT2D eigenvalue weighted by Gasteiger charge is -2.50. The first-order valence-corrected chi connectivity index (χ1v) is 21.2. The van der Waals surface area contributed by atoms with E-state index in [0.717, 1.165) is 12.8 Å². The average Bonchev–Trinajstić information content (AvgIpc) is 3.55. The van der Waals surface area contributed by atoms with E-state index in [1.54, 1.807) is 44.2 Å². The van der Waals surface area contributed by atoms with E-state index in [1.165, 1.54) is 80.0 Å². The van der Waals surface area contributed by atoms with E-state index in [2.05, 4.69) is 144 Å². The molecule has 1 aliphatic heterocycles. The summed E-state index contributed by atoms with van der Waals surface area (Å²) in [5.41, 5.74) is 20.2. The number of fused-ring (bicyclic) bond motifs is 8. The third-order valence-corrected chi connectivity index (χ3v) is 16.7. The maximum atomic E-state index is 2.76. The van der Waals surface area contributed by atoms with Gasteiger partial charge in [0.2, 0.25) is 6.71 Å². The lowest BCUT2D eigenvalue weighted by atomic mass is 9.31. The fourth-order valence-corrected chi connectivity index (χ4v) is 13.5. The van der Waals surface area contributed by atoms with Crippen molar-refractivity contribution < 1.29 is 0 Å². The summed E-state index contributed by atoms with van der Waals surface area (Å²) >= 11 is 0. The highest BCUT2D eigenvalue weighted by Gasteiger charge is 2.62. The van der Waals surface area contributed by atoms with Crippen LogP contribution in [0, 0.1) is 17.8 Å². The molecule has 5 aromatic rings. The zero-order chi connectivity index (χ0) is 36.2. The van der Waals surface area contributed by atoms with Crippen LogP contribution in [-0.4, -0.2) is 6.71 Å². The second-order valence-electron chi connectivity index (χ2n) is 19.1. The number of hydrogen-bond acceptors (Lipinski definition) is 0. The highest BCUT2D eigenvalue weighted by molar-refractivity contribution is 6.97. The molecular weight excluding hydrogens is 635 g/mol. The van der Waals surface area contributed by atoms with Gasteiger partial charge in [0.15, 0.2) is 0 Å². The summed E-state index contributed by atoms with van der Waals surface area (Å²) in [6.45, 7) is 13.4. The largest absolute Gasteiger partial charge is 0.242 e. The van der Waals surface area contributed by atoms with E-state index in [1.807, 2.05) is 0 Å². The Bertz CT molecular complexity index is 2200. The van der Waals surface area contributed by atoms with Crippen molar-refractivity contribution in [2.24, 2.45) is 10.8 Å². The SMILES string of the molecule is Cc1cc(C(CCc2ccccc2)c2ccccc2)cc2c1B(c1cccc3c1CC1(C)CCCCC31C)c1cccc3c1C2C1(C)CCCCC31C. The van der Waals surface area contributed by atoms with Gasteiger partial charge >= 0.3 is 0 Å². The molecule has 5 aliphatic rings. The van der Waals surface area contributed by atoms with E-state index in [0.29, 0.717) is 17.3 Å². The lowest BCUT2D eigenvalue weighted by Crippen LogP contribution is -2.60. The fraction of sp³-hybridized carbons (Fsp3) is 0.423. The van der Waals surface area contributed by atoms with Crippen molar-refractivity contribution in [2.75, 3.05) is 0 Å². The molecule has 0 bridgehead atoms. The van der Waals surface area contributed by atoms with Crippen molar-refractivity contribution in [3.8, 4) is 0 Å². The number of benzene rings is 5. The maximum Gasteiger partial charge on any atom is 0.242 e. The Balaban J connectivity index is 1.21. The summed E-state index contributed by atoms with van der Waals surface area (Å²) in [5, 5.41) is 0. The topological polar surface area (TPSA) is 0 Å². The van der Waals surface area contributed by atoms with Crippen LogP contribution in [0.25, 0.3) is 0 Å². The molecule has 0 spiro atoms. The number of rotatable bonds is 6. The second kappa shape index (κ2) is 12.1. The molecule has 0 saturated heterocycles. The van der Waals surface area contributed by atoms with Gasteiger partial charge in [-0.1, -0.05) is 185 Å². The van der Waals surface area contributed by atoms with Crippen LogP contribution >= 0.6 is 0 Å². The van der Waals surface area contributed by atoms with Gasteiger partial charge < -0.3 is 0 Å². The minimum absolute atomic E-state index is 0.192. The summed E-state index contributed by atoms with van der Waals surface area (Å²) in [5.74, 6) is 0.787. The lowest BCUT2D eigenvalue weighted by molar-refractivity contribution is 0.0926. The Kier molecular flexibility index (Phi) is 7.69. The molecular formula is C52H57B. The molecule has 0 aromatic heterocycles. The molecule has 0 nitrogen and oxygen atoms in total.